The zero-order valence-electron chi connectivity index (χ0n) is 8.64. The molecule has 0 aliphatic rings. The minimum atomic E-state index is -2.37. The molecule has 0 spiro atoms. The van der Waals surface area contributed by atoms with Crippen LogP contribution in [-0.2, 0) is 0 Å². The van der Waals surface area contributed by atoms with Crippen molar-refractivity contribution >= 4 is 0 Å². The normalized spacial score (nSPS) is 13.3. The smallest absolute Gasteiger partial charge is 0.257 e. The van der Waals surface area contributed by atoms with Gasteiger partial charge in [-0.3, -0.25) is 0 Å². The predicted octanol–water partition coefficient (Wildman–Crippen LogP) is 2.83. The lowest BCUT2D eigenvalue weighted by molar-refractivity contribution is 0.102. The van der Waals surface area contributed by atoms with E-state index in [1.807, 2.05) is 26.0 Å². The number of hydrogen-bond acceptors (Lipinski definition) is 1. The summed E-state index contributed by atoms with van der Waals surface area (Å²) in [6.07, 6.45) is -2.37. The number of alkyl halides is 2. The maximum Gasteiger partial charge on any atom is 0.257 e. The highest BCUT2D eigenvalue weighted by molar-refractivity contribution is 5.31. The van der Waals surface area contributed by atoms with Crippen molar-refractivity contribution in [3.63, 3.8) is 0 Å². The monoisotopic (exact) mass is 199 g/mol. The molecule has 1 N–H and O–H groups in total. The van der Waals surface area contributed by atoms with Crippen LogP contribution < -0.4 is 5.32 Å². The van der Waals surface area contributed by atoms with E-state index in [1.54, 1.807) is 13.1 Å². The summed E-state index contributed by atoms with van der Waals surface area (Å²) in [5, 5.41) is 2.61. The van der Waals surface area contributed by atoms with Gasteiger partial charge in [0.05, 0.1) is 6.04 Å². The summed E-state index contributed by atoms with van der Waals surface area (Å²) < 4.78 is 25.1. The first-order valence-electron chi connectivity index (χ1n) is 4.59. The quantitative estimate of drug-likeness (QED) is 0.789. The highest BCUT2D eigenvalue weighted by Gasteiger charge is 2.20. The zero-order chi connectivity index (χ0) is 10.7. The van der Waals surface area contributed by atoms with Crippen molar-refractivity contribution in [2.45, 2.75) is 26.3 Å². The maximum absolute atomic E-state index is 12.6. The van der Waals surface area contributed by atoms with Gasteiger partial charge in [0.2, 0.25) is 0 Å². The van der Waals surface area contributed by atoms with Crippen LogP contribution in [0.2, 0.25) is 0 Å². The van der Waals surface area contributed by atoms with Gasteiger partial charge in [0.15, 0.2) is 0 Å². The molecule has 0 aromatic heterocycles. The molecule has 0 aliphatic heterocycles. The molecule has 1 aromatic carbocycles. The van der Waals surface area contributed by atoms with Crippen LogP contribution in [-0.4, -0.2) is 13.5 Å². The zero-order valence-corrected chi connectivity index (χ0v) is 8.64. The van der Waals surface area contributed by atoms with Crippen LogP contribution in [0.25, 0.3) is 0 Å². The Morgan fingerprint density at radius 3 is 2.21 bits per heavy atom. The molecule has 0 bridgehead atoms. The molecular formula is C11H15F2N. The fraction of sp³-hybridized carbons (Fsp3) is 0.455. The van der Waals surface area contributed by atoms with Gasteiger partial charge in [0.25, 0.3) is 6.43 Å². The number of benzene rings is 1. The van der Waals surface area contributed by atoms with Crippen LogP contribution >= 0.6 is 0 Å². The van der Waals surface area contributed by atoms with Crippen LogP contribution in [0, 0.1) is 13.8 Å². The Labute approximate surface area is 83.1 Å². The molecule has 3 heteroatoms. The first kappa shape index (κ1) is 11.1. The first-order valence-corrected chi connectivity index (χ1v) is 4.59. The lowest BCUT2D eigenvalue weighted by Crippen LogP contribution is -2.23. The lowest BCUT2D eigenvalue weighted by Gasteiger charge is -2.16. The number of nitrogens with one attached hydrogen (secondary N) is 1. The Balaban J connectivity index is 3.00. The molecule has 1 atom stereocenters. The lowest BCUT2D eigenvalue weighted by atomic mass is 10.0. The molecule has 1 nitrogen and oxygen atoms in total. The molecule has 0 aliphatic carbocycles. The van der Waals surface area contributed by atoms with Gasteiger partial charge in [-0.2, -0.15) is 0 Å². The topological polar surface area (TPSA) is 12.0 Å². The van der Waals surface area contributed by atoms with Crippen molar-refractivity contribution in [1.29, 1.82) is 0 Å². The van der Waals surface area contributed by atoms with Gasteiger partial charge in [0, 0.05) is 0 Å². The Kier molecular flexibility index (Phi) is 3.58. The SMILES string of the molecule is CNC(c1ccc(C)c(C)c1)C(F)F. The van der Waals surface area contributed by atoms with Gasteiger partial charge >= 0.3 is 0 Å². The number of aryl methyl sites for hydroxylation is 2. The van der Waals surface area contributed by atoms with E-state index in [0.717, 1.165) is 11.1 Å². The second-order valence-corrected chi connectivity index (χ2v) is 3.44. The Morgan fingerprint density at radius 2 is 1.79 bits per heavy atom. The van der Waals surface area contributed by atoms with Crippen LogP contribution in [0.15, 0.2) is 18.2 Å². The fourth-order valence-corrected chi connectivity index (χ4v) is 1.40. The molecule has 0 amide bonds. The summed E-state index contributed by atoms with van der Waals surface area (Å²) >= 11 is 0. The summed E-state index contributed by atoms with van der Waals surface area (Å²) in [5.41, 5.74) is 2.81. The number of rotatable bonds is 3. The van der Waals surface area contributed by atoms with Gasteiger partial charge < -0.3 is 5.32 Å². The van der Waals surface area contributed by atoms with E-state index in [2.05, 4.69) is 5.32 Å². The molecule has 0 saturated carbocycles. The third-order valence-electron chi connectivity index (χ3n) is 2.45. The average molecular weight is 199 g/mol. The van der Waals surface area contributed by atoms with Gasteiger partial charge in [0.1, 0.15) is 0 Å². The highest BCUT2D eigenvalue weighted by Crippen LogP contribution is 2.22. The van der Waals surface area contributed by atoms with Gasteiger partial charge in [-0.05, 0) is 37.6 Å². The predicted molar refractivity (Wildman–Crippen MR) is 53.7 cm³/mol. The molecule has 1 aromatic rings. The maximum atomic E-state index is 12.6. The second kappa shape index (κ2) is 4.51. The molecule has 0 radical (unpaired) electrons. The van der Waals surface area contributed by atoms with Crippen molar-refractivity contribution in [2.75, 3.05) is 7.05 Å². The Hall–Kier alpha value is -0.960. The van der Waals surface area contributed by atoms with Crippen LogP contribution in [0.5, 0.6) is 0 Å². The van der Waals surface area contributed by atoms with E-state index in [1.165, 1.54) is 0 Å². The summed E-state index contributed by atoms with van der Waals surface area (Å²) in [6.45, 7) is 3.90. The van der Waals surface area contributed by atoms with Gasteiger partial charge in [-0.1, -0.05) is 18.2 Å². The highest BCUT2D eigenvalue weighted by atomic mass is 19.3. The summed E-state index contributed by atoms with van der Waals surface area (Å²) in [4.78, 5) is 0. The second-order valence-electron chi connectivity index (χ2n) is 3.44. The third-order valence-corrected chi connectivity index (χ3v) is 2.45. The Morgan fingerprint density at radius 1 is 1.14 bits per heavy atom. The fourth-order valence-electron chi connectivity index (χ4n) is 1.40. The standard InChI is InChI=1S/C11H15F2N/c1-7-4-5-9(6-8(7)2)10(14-3)11(12)13/h4-6,10-11,14H,1-3H3. The Bertz CT molecular complexity index is 310. The van der Waals surface area contributed by atoms with Gasteiger partial charge in [-0.15, -0.1) is 0 Å². The molecule has 1 unspecified atom stereocenters. The van der Waals surface area contributed by atoms with Crippen molar-refractivity contribution in [3.8, 4) is 0 Å². The minimum absolute atomic E-state index is 0.644. The minimum Gasteiger partial charge on any atom is -0.308 e. The van der Waals surface area contributed by atoms with E-state index in [-0.39, 0.29) is 0 Å². The number of halogens is 2. The first-order chi connectivity index (χ1) is 6.56. The van der Waals surface area contributed by atoms with Crippen molar-refractivity contribution < 1.29 is 8.78 Å². The van der Waals surface area contributed by atoms with E-state index in [0.29, 0.717) is 5.56 Å². The molecule has 78 valence electrons. The molecule has 0 fully saturated rings. The van der Waals surface area contributed by atoms with Crippen LogP contribution in [0.4, 0.5) is 8.78 Å². The van der Waals surface area contributed by atoms with Crippen molar-refractivity contribution in [3.05, 3.63) is 34.9 Å². The van der Waals surface area contributed by atoms with E-state index in [9.17, 15) is 8.78 Å². The van der Waals surface area contributed by atoms with Gasteiger partial charge in [-0.25, -0.2) is 8.78 Å². The summed E-state index contributed by atoms with van der Waals surface area (Å²) in [7, 11) is 1.55. The molecular weight excluding hydrogens is 184 g/mol. The number of hydrogen-bond donors (Lipinski definition) is 1. The molecule has 0 heterocycles. The summed E-state index contributed by atoms with van der Waals surface area (Å²) in [6, 6.07) is 4.56. The molecule has 1 rings (SSSR count). The third kappa shape index (κ3) is 2.29. The molecule has 14 heavy (non-hydrogen) atoms. The van der Waals surface area contributed by atoms with Crippen molar-refractivity contribution in [2.24, 2.45) is 0 Å². The summed E-state index contributed by atoms with van der Waals surface area (Å²) in [5.74, 6) is 0. The van der Waals surface area contributed by atoms with Crippen LogP contribution in [0.1, 0.15) is 22.7 Å². The average Bonchev–Trinajstić information content (AvgIpc) is 2.11. The van der Waals surface area contributed by atoms with Crippen molar-refractivity contribution in [1.82, 2.24) is 5.32 Å². The van der Waals surface area contributed by atoms with E-state index in [4.69, 9.17) is 0 Å². The van der Waals surface area contributed by atoms with E-state index < -0.39 is 12.5 Å². The largest absolute Gasteiger partial charge is 0.308 e. The molecule has 0 saturated heterocycles. The van der Waals surface area contributed by atoms with E-state index >= 15 is 0 Å². The van der Waals surface area contributed by atoms with Crippen LogP contribution in [0.3, 0.4) is 0 Å².